The van der Waals surface area contributed by atoms with Crippen molar-refractivity contribution >= 4 is 22.1 Å². The summed E-state index contributed by atoms with van der Waals surface area (Å²) in [4.78, 5) is 12.4. The first-order chi connectivity index (χ1) is 11.8. The maximum Gasteiger partial charge on any atom is 0.139 e. The molecule has 3 heterocycles. The van der Waals surface area contributed by atoms with Crippen molar-refractivity contribution in [2.45, 2.75) is 44.8 Å². The van der Waals surface area contributed by atoms with E-state index in [0.717, 1.165) is 53.6 Å². The van der Waals surface area contributed by atoms with E-state index in [0.29, 0.717) is 25.0 Å². The Balaban J connectivity index is 1.79. The fourth-order valence-electron chi connectivity index (χ4n) is 4.00. The zero-order valence-corrected chi connectivity index (χ0v) is 13.8. The molecule has 0 aliphatic heterocycles. The zero-order chi connectivity index (χ0) is 16.5. The van der Waals surface area contributed by atoms with Crippen LogP contribution in [-0.4, -0.2) is 26.6 Å². The number of fused-ring (bicyclic) bond motifs is 3. The van der Waals surface area contributed by atoms with Crippen molar-refractivity contribution in [2.24, 2.45) is 5.92 Å². The number of nitrogens with zero attached hydrogens (tertiary/aromatic N) is 4. The Bertz CT molecular complexity index is 895. The van der Waals surface area contributed by atoms with Crippen LogP contribution in [-0.2, 0) is 11.3 Å². The van der Waals surface area contributed by atoms with Gasteiger partial charge in [0.25, 0.3) is 0 Å². The molecule has 0 bridgehead atoms. The van der Waals surface area contributed by atoms with Crippen LogP contribution in [0.15, 0.2) is 18.5 Å². The van der Waals surface area contributed by atoms with Crippen LogP contribution < -0.4 is 0 Å². The number of nitrogens with one attached hydrogen (secondary N) is 1. The van der Waals surface area contributed by atoms with Gasteiger partial charge in [0.2, 0.25) is 0 Å². The minimum atomic E-state index is 0.413. The maximum absolute atomic E-state index is 8.93. The van der Waals surface area contributed by atoms with Gasteiger partial charge in [-0.05, 0) is 37.7 Å². The highest BCUT2D eigenvalue weighted by Crippen LogP contribution is 2.37. The first kappa shape index (κ1) is 15.2. The smallest absolute Gasteiger partial charge is 0.139 e. The van der Waals surface area contributed by atoms with Gasteiger partial charge < -0.3 is 14.3 Å². The lowest BCUT2D eigenvalue weighted by Crippen LogP contribution is -2.20. The number of hydrogen-bond acceptors (Lipinski definition) is 4. The Hall–Kier alpha value is -2.39. The Morgan fingerprint density at radius 1 is 1.38 bits per heavy atom. The summed E-state index contributed by atoms with van der Waals surface area (Å²) in [5.74, 6) is 1.51. The molecule has 6 heteroatoms. The number of nitriles is 1. The van der Waals surface area contributed by atoms with Gasteiger partial charge in [-0.2, -0.15) is 5.26 Å². The molecule has 4 rings (SSSR count). The lowest BCUT2D eigenvalue weighted by molar-refractivity contribution is 0.168. The van der Waals surface area contributed by atoms with E-state index >= 15 is 0 Å². The summed E-state index contributed by atoms with van der Waals surface area (Å²) in [6.07, 6.45) is 8.82. The molecular formula is C18H21N5O. The molecule has 1 fully saturated rings. The third-order valence-corrected chi connectivity index (χ3v) is 5.14. The summed E-state index contributed by atoms with van der Waals surface area (Å²) < 4.78 is 7.75. The minimum Gasteiger partial charge on any atom is -0.377 e. The second-order valence-corrected chi connectivity index (χ2v) is 6.60. The van der Waals surface area contributed by atoms with Crippen molar-refractivity contribution < 1.29 is 4.74 Å². The Kier molecular flexibility index (Phi) is 3.95. The Morgan fingerprint density at radius 2 is 2.21 bits per heavy atom. The van der Waals surface area contributed by atoms with Crippen molar-refractivity contribution in [2.75, 3.05) is 7.11 Å². The third-order valence-electron chi connectivity index (χ3n) is 5.14. The molecule has 0 spiro atoms. The van der Waals surface area contributed by atoms with Crippen molar-refractivity contribution in [1.82, 2.24) is 19.5 Å². The van der Waals surface area contributed by atoms with Gasteiger partial charge in [0.15, 0.2) is 0 Å². The summed E-state index contributed by atoms with van der Waals surface area (Å²) >= 11 is 0. The predicted molar refractivity (Wildman–Crippen MR) is 91.3 cm³/mol. The van der Waals surface area contributed by atoms with Gasteiger partial charge in [0.1, 0.15) is 23.6 Å². The summed E-state index contributed by atoms with van der Waals surface area (Å²) in [5, 5.41) is 10.0. The van der Waals surface area contributed by atoms with Crippen LogP contribution in [0.3, 0.4) is 0 Å². The number of imidazole rings is 1. The number of rotatable bonds is 4. The SMILES string of the molecule is COCc1nc2cnc3[nH]ccc3c2n1C1CCC(CC#N)CC1. The number of pyridine rings is 1. The third kappa shape index (κ3) is 2.45. The fraction of sp³-hybridized carbons (Fsp3) is 0.500. The summed E-state index contributed by atoms with van der Waals surface area (Å²) in [6, 6.07) is 4.80. The van der Waals surface area contributed by atoms with Gasteiger partial charge in [-0.25, -0.2) is 9.97 Å². The first-order valence-corrected chi connectivity index (χ1v) is 8.50. The van der Waals surface area contributed by atoms with Gasteiger partial charge in [-0.15, -0.1) is 0 Å². The molecule has 0 saturated heterocycles. The second kappa shape index (κ2) is 6.25. The number of aromatic amines is 1. The molecule has 3 aromatic rings. The number of aromatic nitrogens is 4. The monoisotopic (exact) mass is 323 g/mol. The fourth-order valence-corrected chi connectivity index (χ4v) is 4.00. The number of ether oxygens (including phenoxy) is 1. The molecule has 1 aliphatic carbocycles. The van der Waals surface area contributed by atoms with Crippen molar-refractivity contribution in [3.8, 4) is 6.07 Å². The highest BCUT2D eigenvalue weighted by Gasteiger charge is 2.26. The molecule has 0 amide bonds. The van der Waals surface area contributed by atoms with Crippen LogP contribution >= 0.6 is 0 Å². The lowest BCUT2D eigenvalue weighted by Gasteiger charge is -2.29. The van der Waals surface area contributed by atoms with Crippen molar-refractivity contribution in [3.63, 3.8) is 0 Å². The normalized spacial score (nSPS) is 21.3. The lowest BCUT2D eigenvalue weighted by atomic mass is 9.84. The summed E-state index contributed by atoms with van der Waals surface area (Å²) in [5.41, 5.74) is 2.97. The van der Waals surface area contributed by atoms with Gasteiger partial charge >= 0.3 is 0 Å². The molecule has 0 atom stereocenters. The quantitative estimate of drug-likeness (QED) is 0.794. The van der Waals surface area contributed by atoms with E-state index in [1.165, 1.54) is 0 Å². The molecule has 3 aromatic heterocycles. The molecule has 1 saturated carbocycles. The van der Waals surface area contributed by atoms with E-state index in [4.69, 9.17) is 15.0 Å². The molecule has 6 nitrogen and oxygen atoms in total. The maximum atomic E-state index is 8.93. The van der Waals surface area contributed by atoms with Crippen LogP contribution in [0.5, 0.6) is 0 Å². The average molecular weight is 323 g/mol. The van der Waals surface area contributed by atoms with E-state index in [2.05, 4.69) is 26.7 Å². The second-order valence-electron chi connectivity index (χ2n) is 6.60. The van der Waals surface area contributed by atoms with Crippen LogP contribution in [0.1, 0.15) is 44.0 Å². The molecule has 0 aromatic carbocycles. The Labute approximate surface area is 140 Å². The molecule has 24 heavy (non-hydrogen) atoms. The van der Waals surface area contributed by atoms with Crippen LogP contribution in [0.4, 0.5) is 0 Å². The zero-order valence-electron chi connectivity index (χ0n) is 13.8. The largest absolute Gasteiger partial charge is 0.377 e. The van der Waals surface area contributed by atoms with E-state index in [-0.39, 0.29) is 0 Å². The number of H-pyrrole nitrogens is 1. The summed E-state index contributed by atoms with van der Waals surface area (Å²) in [7, 11) is 1.71. The molecule has 0 radical (unpaired) electrons. The van der Waals surface area contributed by atoms with E-state index < -0.39 is 0 Å². The molecular weight excluding hydrogens is 302 g/mol. The topological polar surface area (TPSA) is 79.5 Å². The number of methoxy groups -OCH3 is 1. The van der Waals surface area contributed by atoms with Crippen LogP contribution in [0.2, 0.25) is 0 Å². The van der Waals surface area contributed by atoms with Crippen LogP contribution in [0, 0.1) is 17.2 Å². The standard InChI is InChI=1S/C18H21N5O/c1-24-11-16-22-15-10-21-18-14(7-9-20-18)17(15)23(16)13-4-2-12(3-5-13)6-8-19/h7,9-10,12-13H,2-6,11H2,1H3,(H,20,21). The van der Waals surface area contributed by atoms with Gasteiger partial charge in [0, 0.05) is 31.2 Å². The summed E-state index contributed by atoms with van der Waals surface area (Å²) in [6.45, 7) is 0.499. The van der Waals surface area contributed by atoms with Crippen molar-refractivity contribution in [1.29, 1.82) is 5.26 Å². The highest BCUT2D eigenvalue weighted by atomic mass is 16.5. The van der Waals surface area contributed by atoms with Gasteiger partial charge in [-0.3, -0.25) is 0 Å². The average Bonchev–Trinajstić information content (AvgIpc) is 3.20. The molecule has 0 unspecified atom stereocenters. The predicted octanol–water partition coefficient (Wildman–Crippen LogP) is 3.70. The van der Waals surface area contributed by atoms with Crippen LogP contribution in [0.25, 0.3) is 22.1 Å². The molecule has 124 valence electrons. The van der Waals surface area contributed by atoms with E-state index in [1.807, 2.05) is 12.4 Å². The first-order valence-electron chi connectivity index (χ1n) is 8.50. The molecule has 1 aliphatic rings. The molecule has 1 N–H and O–H groups in total. The Morgan fingerprint density at radius 3 is 2.96 bits per heavy atom. The van der Waals surface area contributed by atoms with E-state index in [9.17, 15) is 0 Å². The van der Waals surface area contributed by atoms with Crippen molar-refractivity contribution in [3.05, 3.63) is 24.3 Å². The van der Waals surface area contributed by atoms with E-state index in [1.54, 1.807) is 7.11 Å². The van der Waals surface area contributed by atoms with Gasteiger partial charge in [-0.1, -0.05) is 0 Å². The minimum absolute atomic E-state index is 0.413. The highest BCUT2D eigenvalue weighted by molar-refractivity contribution is 6.01. The number of hydrogen-bond donors (Lipinski definition) is 1. The van der Waals surface area contributed by atoms with Gasteiger partial charge in [0.05, 0.1) is 17.8 Å².